The Morgan fingerprint density at radius 2 is 1.97 bits per heavy atom. The van der Waals surface area contributed by atoms with Crippen molar-refractivity contribution in [1.29, 1.82) is 0 Å². The Balaban J connectivity index is 1.44. The van der Waals surface area contributed by atoms with Crippen LogP contribution >= 0.6 is 0 Å². The van der Waals surface area contributed by atoms with Crippen molar-refractivity contribution in [3.05, 3.63) is 35.5 Å². The lowest BCUT2D eigenvalue weighted by atomic mass is 9.72. The smallest absolute Gasteiger partial charge is 0.227 e. The van der Waals surface area contributed by atoms with E-state index < -0.39 is 0 Å². The number of piperidine rings is 1. The van der Waals surface area contributed by atoms with Crippen LogP contribution in [0.2, 0.25) is 0 Å². The molecule has 4 nitrogen and oxygen atoms in total. The Labute approximate surface area is 200 Å². The van der Waals surface area contributed by atoms with Gasteiger partial charge in [-0.3, -0.25) is 4.79 Å². The minimum absolute atomic E-state index is 0.124. The first kappa shape index (κ1) is 23.0. The average Bonchev–Trinajstić information content (AvgIpc) is 3.20. The molecule has 0 bridgehead atoms. The lowest BCUT2D eigenvalue weighted by Gasteiger charge is -2.47. The molecule has 4 heteroatoms. The monoisotopic (exact) mass is 449 g/mol. The van der Waals surface area contributed by atoms with Gasteiger partial charge in [0.15, 0.2) is 0 Å². The van der Waals surface area contributed by atoms with Gasteiger partial charge < -0.3 is 14.4 Å². The second-order valence-electron chi connectivity index (χ2n) is 11.3. The summed E-state index contributed by atoms with van der Waals surface area (Å²) in [5.74, 6) is 1.02. The van der Waals surface area contributed by atoms with Gasteiger partial charge in [0.2, 0.25) is 5.91 Å². The molecule has 0 radical (unpaired) electrons. The topological polar surface area (TPSA) is 28.5 Å². The van der Waals surface area contributed by atoms with Crippen LogP contribution in [0.4, 0.5) is 0 Å². The summed E-state index contributed by atoms with van der Waals surface area (Å²) in [5.41, 5.74) is 4.36. The number of rotatable bonds is 6. The van der Waals surface area contributed by atoms with E-state index in [1.807, 2.05) is 0 Å². The molecule has 0 spiro atoms. The number of carbonyl (C=O) groups is 1. The van der Waals surface area contributed by atoms with Gasteiger partial charge in [-0.1, -0.05) is 44.7 Å². The van der Waals surface area contributed by atoms with Crippen molar-refractivity contribution in [2.24, 2.45) is 5.92 Å². The average molecular weight is 450 g/mol. The molecule has 180 valence electrons. The number of nitrogens with zero attached hydrogens (tertiary/aromatic N) is 3. The number of carbonyl (C=O) groups excluding carboxylic acids is 1. The maximum atomic E-state index is 14.0. The number of fused-ring (bicyclic) bond motifs is 2. The number of likely N-dealkylation sites (tertiary alicyclic amines) is 1. The van der Waals surface area contributed by atoms with Gasteiger partial charge in [-0.15, -0.1) is 0 Å². The molecule has 0 N–H and O–H groups in total. The third-order valence-electron chi connectivity index (χ3n) is 8.83. The number of aromatic nitrogens is 1. The van der Waals surface area contributed by atoms with Crippen molar-refractivity contribution in [1.82, 2.24) is 14.4 Å². The molecular formula is C29H43N3O. The predicted octanol–water partition coefficient (Wildman–Crippen LogP) is 6.14. The van der Waals surface area contributed by atoms with Crippen molar-refractivity contribution in [3.8, 4) is 0 Å². The molecule has 2 heterocycles. The second-order valence-corrected chi connectivity index (χ2v) is 11.3. The number of likely N-dealkylation sites (N-methyl/N-ethyl adjacent to an activating group) is 1. The van der Waals surface area contributed by atoms with Crippen LogP contribution in [0.5, 0.6) is 0 Å². The quantitative estimate of drug-likeness (QED) is 0.530. The zero-order valence-electron chi connectivity index (χ0n) is 21.2. The number of hydrogen-bond donors (Lipinski definition) is 0. The lowest BCUT2D eigenvalue weighted by molar-refractivity contribution is -0.141. The molecule has 2 fully saturated rings. The van der Waals surface area contributed by atoms with Crippen LogP contribution in [0.1, 0.15) is 95.2 Å². The summed E-state index contributed by atoms with van der Waals surface area (Å²) in [6.45, 7) is 8.65. The van der Waals surface area contributed by atoms with Gasteiger partial charge in [-0.2, -0.15) is 0 Å². The molecule has 0 unspecified atom stereocenters. The highest BCUT2D eigenvalue weighted by Gasteiger charge is 2.43. The summed E-state index contributed by atoms with van der Waals surface area (Å²) in [6.07, 6.45) is 13.1. The van der Waals surface area contributed by atoms with E-state index in [0.29, 0.717) is 30.0 Å². The van der Waals surface area contributed by atoms with Crippen LogP contribution in [0, 0.1) is 5.92 Å². The number of amides is 1. The van der Waals surface area contributed by atoms with Crippen molar-refractivity contribution in [2.75, 3.05) is 20.1 Å². The van der Waals surface area contributed by atoms with Gasteiger partial charge in [0.1, 0.15) is 0 Å². The molecule has 5 rings (SSSR count). The number of unbranched alkanes of at least 4 members (excludes halogenated alkanes) is 1. The Hall–Kier alpha value is -1.81. The molecule has 1 amide bonds. The fourth-order valence-electron chi connectivity index (χ4n) is 7.11. The van der Waals surface area contributed by atoms with Crippen molar-refractivity contribution >= 4 is 16.8 Å². The molecule has 2 aliphatic carbocycles. The predicted molar refractivity (Wildman–Crippen MR) is 137 cm³/mol. The van der Waals surface area contributed by atoms with E-state index in [1.165, 1.54) is 54.1 Å². The van der Waals surface area contributed by atoms with Crippen molar-refractivity contribution < 1.29 is 4.79 Å². The van der Waals surface area contributed by atoms with Crippen molar-refractivity contribution in [2.45, 2.75) is 103 Å². The van der Waals surface area contributed by atoms with Gasteiger partial charge in [0, 0.05) is 54.2 Å². The zero-order chi connectivity index (χ0) is 23.1. The maximum Gasteiger partial charge on any atom is 0.227 e. The lowest BCUT2D eigenvalue weighted by Crippen LogP contribution is -2.53. The Morgan fingerprint density at radius 1 is 1.18 bits per heavy atom. The van der Waals surface area contributed by atoms with Crippen LogP contribution in [-0.2, 0) is 11.2 Å². The van der Waals surface area contributed by atoms with E-state index in [2.05, 4.69) is 66.6 Å². The molecule has 1 aromatic carbocycles. The Kier molecular flexibility index (Phi) is 6.57. The van der Waals surface area contributed by atoms with Gasteiger partial charge in [-0.05, 0) is 70.2 Å². The maximum absolute atomic E-state index is 14.0. The summed E-state index contributed by atoms with van der Waals surface area (Å²) in [7, 11) is 2.26. The third-order valence-corrected chi connectivity index (χ3v) is 8.83. The van der Waals surface area contributed by atoms with E-state index in [4.69, 9.17) is 0 Å². The molecule has 3 atom stereocenters. The van der Waals surface area contributed by atoms with E-state index in [-0.39, 0.29) is 5.92 Å². The highest BCUT2D eigenvalue weighted by Crippen LogP contribution is 2.46. The number of hydrogen-bond acceptors (Lipinski definition) is 2. The van der Waals surface area contributed by atoms with E-state index in [9.17, 15) is 4.79 Å². The zero-order valence-corrected chi connectivity index (χ0v) is 21.2. The van der Waals surface area contributed by atoms with Crippen LogP contribution in [0.15, 0.2) is 24.4 Å². The summed E-state index contributed by atoms with van der Waals surface area (Å²) in [4.78, 5) is 18.8. The van der Waals surface area contributed by atoms with Gasteiger partial charge >= 0.3 is 0 Å². The van der Waals surface area contributed by atoms with Crippen LogP contribution in [-0.4, -0.2) is 52.5 Å². The van der Waals surface area contributed by atoms with Crippen LogP contribution in [0.3, 0.4) is 0 Å². The second kappa shape index (κ2) is 9.44. The highest BCUT2D eigenvalue weighted by atomic mass is 16.2. The Bertz CT molecular complexity index is 986. The molecular weight excluding hydrogens is 406 g/mol. The van der Waals surface area contributed by atoms with Gasteiger partial charge in [0.05, 0.1) is 5.92 Å². The largest absolute Gasteiger partial charge is 0.345 e. The van der Waals surface area contributed by atoms with E-state index in [0.717, 1.165) is 38.8 Å². The van der Waals surface area contributed by atoms with E-state index >= 15 is 0 Å². The Morgan fingerprint density at radius 3 is 2.70 bits per heavy atom. The van der Waals surface area contributed by atoms with Gasteiger partial charge in [-0.25, -0.2) is 0 Å². The molecule has 33 heavy (non-hydrogen) atoms. The first-order valence-electron chi connectivity index (χ1n) is 13.6. The van der Waals surface area contributed by atoms with E-state index in [1.54, 1.807) is 0 Å². The molecule has 1 aromatic heterocycles. The van der Waals surface area contributed by atoms with Gasteiger partial charge in [0.25, 0.3) is 0 Å². The SMILES string of the molecule is CCCCN(C(=O)[C@@H]1C[C@@H]2c3cccc4c3c(cn4C(C)C)C[C@H]2N(C)C1)C1CCCCC1. The fraction of sp³-hybridized carbons (Fsp3) is 0.690. The number of benzene rings is 1. The standard InChI is InChI=1S/C29H43N3O/c1-5-6-15-31(23-11-8-7-9-12-23)29(33)22-16-25-24-13-10-14-26-28(24)21(19-32(26)20(2)3)17-27(25)30(4)18-22/h10,13-14,19-20,22-23,25,27H,5-9,11-12,15-18H2,1-4H3/t22-,25-,27-/m1/s1. The summed E-state index contributed by atoms with van der Waals surface area (Å²) in [5, 5.41) is 1.48. The van der Waals surface area contributed by atoms with Crippen LogP contribution < -0.4 is 0 Å². The molecule has 3 aliphatic rings. The molecule has 2 aromatic rings. The minimum Gasteiger partial charge on any atom is -0.345 e. The first-order chi connectivity index (χ1) is 16.0. The normalized spacial score (nSPS) is 26.0. The third kappa shape index (κ3) is 4.13. The summed E-state index contributed by atoms with van der Waals surface area (Å²) in [6, 6.07) is 8.32. The molecule has 1 aliphatic heterocycles. The molecule has 1 saturated carbocycles. The molecule has 1 saturated heterocycles. The first-order valence-corrected chi connectivity index (χ1v) is 13.6. The minimum atomic E-state index is 0.124. The highest BCUT2D eigenvalue weighted by molar-refractivity contribution is 5.89. The summed E-state index contributed by atoms with van der Waals surface area (Å²) < 4.78 is 2.45. The van der Waals surface area contributed by atoms with Crippen molar-refractivity contribution in [3.63, 3.8) is 0 Å². The fourth-order valence-corrected chi connectivity index (χ4v) is 7.11. The van der Waals surface area contributed by atoms with Crippen LogP contribution in [0.25, 0.3) is 10.9 Å². The summed E-state index contributed by atoms with van der Waals surface area (Å²) >= 11 is 0.